The first-order chi connectivity index (χ1) is 8.71. The Morgan fingerprint density at radius 1 is 1.22 bits per heavy atom. The Balaban J connectivity index is 2.38. The van der Waals surface area contributed by atoms with Gasteiger partial charge in [0, 0.05) is 32.7 Å². The second-order valence-electron chi connectivity index (χ2n) is 5.14. The number of nitrogens with zero attached hydrogens (tertiary/aromatic N) is 2. The maximum Gasteiger partial charge on any atom is 0.236 e. The van der Waals surface area contributed by atoms with E-state index >= 15 is 0 Å². The quantitative estimate of drug-likeness (QED) is 0.742. The SMILES string of the molecule is CCC(CC)CN(CC)CC(=O)N1CCNCC1. The van der Waals surface area contributed by atoms with Crippen molar-refractivity contribution in [3.05, 3.63) is 0 Å². The van der Waals surface area contributed by atoms with Crippen LogP contribution in [0.2, 0.25) is 0 Å². The predicted molar refractivity (Wildman–Crippen MR) is 75.6 cm³/mol. The van der Waals surface area contributed by atoms with Gasteiger partial charge in [-0.05, 0) is 12.5 Å². The summed E-state index contributed by atoms with van der Waals surface area (Å²) in [6.45, 7) is 12.8. The van der Waals surface area contributed by atoms with Crippen molar-refractivity contribution in [2.45, 2.75) is 33.6 Å². The first-order valence-corrected chi connectivity index (χ1v) is 7.42. The Hall–Kier alpha value is -0.610. The lowest BCUT2D eigenvalue weighted by Crippen LogP contribution is -2.50. The number of piperazine rings is 1. The number of nitrogens with one attached hydrogen (secondary N) is 1. The van der Waals surface area contributed by atoms with Gasteiger partial charge in [0.25, 0.3) is 0 Å². The van der Waals surface area contributed by atoms with Gasteiger partial charge in [-0.3, -0.25) is 9.69 Å². The van der Waals surface area contributed by atoms with E-state index < -0.39 is 0 Å². The number of carbonyl (C=O) groups excluding carboxylic acids is 1. The van der Waals surface area contributed by atoms with E-state index in [0.29, 0.717) is 12.5 Å². The zero-order valence-electron chi connectivity index (χ0n) is 12.2. The summed E-state index contributed by atoms with van der Waals surface area (Å²) in [6.07, 6.45) is 2.41. The number of amides is 1. The second kappa shape index (κ2) is 8.48. The summed E-state index contributed by atoms with van der Waals surface area (Å²) in [7, 11) is 0. The lowest BCUT2D eigenvalue weighted by Gasteiger charge is -2.31. The van der Waals surface area contributed by atoms with E-state index in [9.17, 15) is 4.79 Å². The van der Waals surface area contributed by atoms with Crippen LogP contribution in [0.15, 0.2) is 0 Å². The molecule has 0 spiro atoms. The smallest absolute Gasteiger partial charge is 0.236 e. The van der Waals surface area contributed by atoms with Crippen molar-refractivity contribution in [3.8, 4) is 0 Å². The number of carbonyl (C=O) groups is 1. The second-order valence-corrected chi connectivity index (χ2v) is 5.14. The summed E-state index contributed by atoms with van der Waals surface area (Å²) >= 11 is 0. The van der Waals surface area contributed by atoms with Crippen LogP contribution in [0, 0.1) is 5.92 Å². The molecule has 1 N–H and O–H groups in total. The molecule has 0 aromatic rings. The van der Waals surface area contributed by atoms with Gasteiger partial charge in [-0.15, -0.1) is 0 Å². The third-order valence-electron chi connectivity index (χ3n) is 3.95. The van der Waals surface area contributed by atoms with Crippen molar-refractivity contribution in [2.24, 2.45) is 5.92 Å². The van der Waals surface area contributed by atoms with Crippen LogP contribution in [0.1, 0.15) is 33.6 Å². The molecule has 1 aliphatic heterocycles. The zero-order chi connectivity index (χ0) is 13.4. The first-order valence-electron chi connectivity index (χ1n) is 7.42. The third-order valence-corrected chi connectivity index (χ3v) is 3.95. The van der Waals surface area contributed by atoms with E-state index in [1.807, 2.05) is 4.90 Å². The highest BCUT2D eigenvalue weighted by Crippen LogP contribution is 2.10. The van der Waals surface area contributed by atoms with Gasteiger partial charge in [-0.1, -0.05) is 33.6 Å². The van der Waals surface area contributed by atoms with Crippen LogP contribution in [-0.2, 0) is 4.79 Å². The molecule has 4 nitrogen and oxygen atoms in total. The average Bonchev–Trinajstić information content (AvgIpc) is 2.44. The predicted octanol–water partition coefficient (Wildman–Crippen LogP) is 1.18. The highest BCUT2D eigenvalue weighted by atomic mass is 16.2. The molecule has 0 atom stereocenters. The lowest BCUT2D eigenvalue weighted by molar-refractivity contribution is -0.133. The molecule has 1 aliphatic rings. The minimum atomic E-state index is 0.296. The third kappa shape index (κ3) is 4.94. The molecule has 106 valence electrons. The van der Waals surface area contributed by atoms with E-state index in [4.69, 9.17) is 0 Å². The number of rotatable bonds is 7. The molecule has 0 aromatic heterocycles. The summed E-state index contributed by atoms with van der Waals surface area (Å²) in [5, 5.41) is 3.28. The van der Waals surface area contributed by atoms with Crippen LogP contribution in [0.5, 0.6) is 0 Å². The molecule has 1 rings (SSSR count). The van der Waals surface area contributed by atoms with Crippen LogP contribution < -0.4 is 5.32 Å². The van der Waals surface area contributed by atoms with Gasteiger partial charge in [-0.2, -0.15) is 0 Å². The highest BCUT2D eigenvalue weighted by molar-refractivity contribution is 5.78. The average molecular weight is 255 g/mol. The van der Waals surface area contributed by atoms with Crippen molar-refractivity contribution in [1.29, 1.82) is 0 Å². The van der Waals surface area contributed by atoms with E-state index in [0.717, 1.165) is 45.2 Å². The minimum Gasteiger partial charge on any atom is -0.339 e. The van der Waals surface area contributed by atoms with Crippen LogP contribution in [0.3, 0.4) is 0 Å². The Morgan fingerprint density at radius 3 is 2.33 bits per heavy atom. The Morgan fingerprint density at radius 2 is 1.83 bits per heavy atom. The van der Waals surface area contributed by atoms with Gasteiger partial charge in [0.15, 0.2) is 0 Å². The molecule has 0 saturated carbocycles. The fourth-order valence-corrected chi connectivity index (χ4v) is 2.42. The molecular formula is C14H29N3O. The zero-order valence-corrected chi connectivity index (χ0v) is 12.2. The lowest BCUT2D eigenvalue weighted by atomic mass is 10.0. The summed E-state index contributed by atoms with van der Waals surface area (Å²) in [4.78, 5) is 16.5. The summed E-state index contributed by atoms with van der Waals surface area (Å²) in [6, 6.07) is 0. The van der Waals surface area contributed by atoms with Crippen molar-refractivity contribution in [1.82, 2.24) is 15.1 Å². The molecule has 4 heteroatoms. The normalized spacial score (nSPS) is 16.6. The van der Waals surface area contributed by atoms with Crippen molar-refractivity contribution >= 4 is 5.91 Å². The molecular weight excluding hydrogens is 226 g/mol. The minimum absolute atomic E-state index is 0.296. The summed E-state index contributed by atoms with van der Waals surface area (Å²) in [5.74, 6) is 1.02. The molecule has 1 amide bonds. The van der Waals surface area contributed by atoms with Gasteiger partial charge < -0.3 is 10.2 Å². The summed E-state index contributed by atoms with van der Waals surface area (Å²) in [5.41, 5.74) is 0. The molecule has 1 saturated heterocycles. The molecule has 1 heterocycles. The fourth-order valence-electron chi connectivity index (χ4n) is 2.42. The highest BCUT2D eigenvalue weighted by Gasteiger charge is 2.19. The molecule has 0 unspecified atom stereocenters. The fraction of sp³-hybridized carbons (Fsp3) is 0.929. The van der Waals surface area contributed by atoms with Crippen LogP contribution >= 0.6 is 0 Å². The molecule has 0 radical (unpaired) electrons. The monoisotopic (exact) mass is 255 g/mol. The Bertz CT molecular complexity index is 235. The number of likely N-dealkylation sites (N-methyl/N-ethyl adjacent to an activating group) is 1. The van der Waals surface area contributed by atoms with Gasteiger partial charge >= 0.3 is 0 Å². The molecule has 0 aliphatic carbocycles. The molecule has 1 fully saturated rings. The standard InChI is InChI=1S/C14H29N3O/c1-4-13(5-2)11-16(6-3)12-14(18)17-9-7-15-8-10-17/h13,15H,4-12H2,1-3H3. The van der Waals surface area contributed by atoms with Crippen LogP contribution in [0.4, 0.5) is 0 Å². The number of hydrogen-bond donors (Lipinski definition) is 1. The Labute approximate surface area is 112 Å². The van der Waals surface area contributed by atoms with E-state index in [-0.39, 0.29) is 0 Å². The van der Waals surface area contributed by atoms with Gasteiger partial charge in [-0.25, -0.2) is 0 Å². The maximum atomic E-state index is 12.2. The summed E-state index contributed by atoms with van der Waals surface area (Å²) < 4.78 is 0. The van der Waals surface area contributed by atoms with Crippen molar-refractivity contribution in [3.63, 3.8) is 0 Å². The first kappa shape index (κ1) is 15.4. The van der Waals surface area contributed by atoms with Gasteiger partial charge in [0.2, 0.25) is 5.91 Å². The van der Waals surface area contributed by atoms with Crippen molar-refractivity contribution < 1.29 is 4.79 Å². The van der Waals surface area contributed by atoms with E-state index in [1.54, 1.807) is 0 Å². The van der Waals surface area contributed by atoms with E-state index in [1.165, 1.54) is 12.8 Å². The van der Waals surface area contributed by atoms with Crippen LogP contribution in [0.25, 0.3) is 0 Å². The molecule has 0 aromatic carbocycles. The van der Waals surface area contributed by atoms with Gasteiger partial charge in [0.05, 0.1) is 6.54 Å². The number of hydrogen-bond acceptors (Lipinski definition) is 3. The maximum absolute atomic E-state index is 12.2. The van der Waals surface area contributed by atoms with E-state index in [2.05, 4.69) is 31.0 Å². The largest absolute Gasteiger partial charge is 0.339 e. The molecule has 0 bridgehead atoms. The topological polar surface area (TPSA) is 35.6 Å². The van der Waals surface area contributed by atoms with Crippen molar-refractivity contribution in [2.75, 3.05) is 45.8 Å². The van der Waals surface area contributed by atoms with Gasteiger partial charge in [0.1, 0.15) is 0 Å². The Kier molecular flexibility index (Phi) is 7.28. The molecule has 18 heavy (non-hydrogen) atoms. The van der Waals surface area contributed by atoms with Crippen LogP contribution in [-0.4, -0.2) is 61.5 Å².